The Morgan fingerprint density at radius 1 is 1.17 bits per heavy atom. The Hall–Kier alpha value is -0.670. The van der Waals surface area contributed by atoms with E-state index in [1.54, 1.807) is 0 Å². The van der Waals surface area contributed by atoms with Crippen LogP contribution in [-0.4, -0.2) is 21.8 Å². The lowest BCUT2D eigenvalue weighted by atomic mass is 9.99. The van der Waals surface area contributed by atoms with Gasteiger partial charge in [-0.2, -0.15) is 0 Å². The molecule has 18 heavy (non-hydrogen) atoms. The molecule has 0 aromatic heterocycles. The number of hydrogen-bond acceptors (Lipinski definition) is 2. The van der Waals surface area contributed by atoms with Gasteiger partial charge in [0.05, 0.1) is 0 Å². The molecule has 1 aliphatic rings. The average Bonchev–Trinajstić information content (AvgIpc) is 2.30. The van der Waals surface area contributed by atoms with Gasteiger partial charge < -0.3 is 5.32 Å². The summed E-state index contributed by atoms with van der Waals surface area (Å²) in [6.07, 6.45) is 2.10. The van der Waals surface area contributed by atoms with Crippen LogP contribution in [0, 0.1) is 20.8 Å². The highest BCUT2D eigenvalue weighted by atomic mass is 32.2. The number of hydrogen-bond donors (Lipinski definition) is 1. The first-order chi connectivity index (χ1) is 8.56. The first kappa shape index (κ1) is 13.8. The van der Waals surface area contributed by atoms with Crippen molar-refractivity contribution in [3.8, 4) is 0 Å². The fourth-order valence-electron chi connectivity index (χ4n) is 2.73. The molecule has 0 bridgehead atoms. The molecule has 1 aromatic carbocycles. The van der Waals surface area contributed by atoms with Gasteiger partial charge in [-0.1, -0.05) is 17.7 Å². The molecule has 100 valence electrons. The van der Waals surface area contributed by atoms with Crippen LogP contribution < -0.4 is 5.32 Å². The predicted molar refractivity (Wildman–Crippen MR) is 78.4 cm³/mol. The van der Waals surface area contributed by atoms with Gasteiger partial charge in [-0.25, -0.2) is 0 Å². The second kappa shape index (κ2) is 5.98. The largest absolute Gasteiger partial charge is 0.310 e. The summed E-state index contributed by atoms with van der Waals surface area (Å²) in [4.78, 5) is 0. The Kier molecular flexibility index (Phi) is 4.57. The molecule has 3 heteroatoms. The van der Waals surface area contributed by atoms with E-state index in [1.807, 2.05) is 0 Å². The highest BCUT2D eigenvalue weighted by Gasteiger charge is 2.17. The van der Waals surface area contributed by atoms with Crippen molar-refractivity contribution in [3.63, 3.8) is 0 Å². The van der Waals surface area contributed by atoms with Crippen LogP contribution in [-0.2, 0) is 17.3 Å². The summed E-state index contributed by atoms with van der Waals surface area (Å²) in [5, 5.41) is 3.63. The lowest BCUT2D eigenvalue weighted by molar-refractivity contribution is 0.474. The molecule has 0 radical (unpaired) electrons. The Balaban J connectivity index is 1.96. The summed E-state index contributed by atoms with van der Waals surface area (Å²) in [7, 11) is -0.561. The van der Waals surface area contributed by atoms with Crippen molar-refractivity contribution in [2.45, 2.75) is 46.2 Å². The number of rotatable bonds is 3. The van der Waals surface area contributed by atoms with Gasteiger partial charge in [0.25, 0.3) is 0 Å². The van der Waals surface area contributed by atoms with E-state index >= 15 is 0 Å². The van der Waals surface area contributed by atoms with E-state index in [9.17, 15) is 4.21 Å². The molecule has 1 heterocycles. The zero-order chi connectivity index (χ0) is 13.1. The van der Waals surface area contributed by atoms with Crippen molar-refractivity contribution < 1.29 is 4.21 Å². The van der Waals surface area contributed by atoms with E-state index in [0.717, 1.165) is 30.9 Å². The van der Waals surface area contributed by atoms with Gasteiger partial charge in [-0.05, 0) is 50.3 Å². The van der Waals surface area contributed by atoms with Crippen LogP contribution in [0.25, 0.3) is 0 Å². The summed E-state index contributed by atoms with van der Waals surface area (Å²) >= 11 is 0. The molecule has 2 rings (SSSR count). The van der Waals surface area contributed by atoms with Crippen molar-refractivity contribution in [2.24, 2.45) is 0 Å². The first-order valence-corrected chi connectivity index (χ1v) is 8.20. The average molecular weight is 265 g/mol. The smallest absolute Gasteiger partial charge is 0.0249 e. The molecular formula is C15H23NOS. The molecule has 0 amide bonds. The van der Waals surface area contributed by atoms with Crippen molar-refractivity contribution in [1.29, 1.82) is 0 Å². The molecule has 1 fully saturated rings. The minimum atomic E-state index is -0.561. The van der Waals surface area contributed by atoms with Crippen LogP contribution in [0.4, 0.5) is 0 Å². The standard InChI is InChI=1S/C15H23NOS/c1-11-8-12(2)15(13(3)9-11)10-16-14-4-6-18(17)7-5-14/h8-9,14,16H,4-7,10H2,1-3H3. The molecule has 1 N–H and O–H groups in total. The Bertz CT molecular complexity index is 423. The third-order valence-electron chi connectivity index (χ3n) is 3.80. The maximum Gasteiger partial charge on any atom is 0.0249 e. The van der Waals surface area contributed by atoms with Crippen molar-refractivity contribution in [3.05, 3.63) is 34.4 Å². The predicted octanol–water partition coefficient (Wildman–Crippen LogP) is 2.61. The van der Waals surface area contributed by atoms with Crippen molar-refractivity contribution in [1.82, 2.24) is 5.32 Å². The minimum absolute atomic E-state index is 0.544. The Morgan fingerprint density at radius 3 is 2.28 bits per heavy atom. The van der Waals surface area contributed by atoms with Crippen LogP contribution in [0.1, 0.15) is 35.1 Å². The van der Waals surface area contributed by atoms with Crippen LogP contribution in [0.15, 0.2) is 12.1 Å². The third kappa shape index (κ3) is 3.42. The maximum absolute atomic E-state index is 11.3. The third-order valence-corrected chi connectivity index (χ3v) is 5.18. The van der Waals surface area contributed by atoms with Gasteiger partial charge in [0.1, 0.15) is 0 Å². The molecule has 1 saturated heterocycles. The summed E-state index contributed by atoms with van der Waals surface area (Å²) in [5.41, 5.74) is 5.51. The lowest BCUT2D eigenvalue weighted by Gasteiger charge is -2.23. The fourth-order valence-corrected chi connectivity index (χ4v) is 4.03. The van der Waals surface area contributed by atoms with E-state index in [1.165, 1.54) is 22.3 Å². The normalized spacial score (nSPS) is 24.2. The monoisotopic (exact) mass is 265 g/mol. The maximum atomic E-state index is 11.3. The van der Waals surface area contributed by atoms with Gasteiger partial charge in [0.2, 0.25) is 0 Å². The summed E-state index contributed by atoms with van der Waals surface area (Å²) in [6, 6.07) is 5.04. The Labute approximate surface area is 113 Å². The summed E-state index contributed by atoms with van der Waals surface area (Å²) in [6.45, 7) is 7.46. The van der Waals surface area contributed by atoms with E-state index in [4.69, 9.17) is 0 Å². The summed E-state index contributed by atoms with van der Waals surface area (Å²) < 4.78 is 11.3. The summed E-state index contributed by atoms with van der Waals surface area (Å²) in [5.74, 6) is 1.73. The number of benzene rings is 1. The van der Waals surface area contributed by atoms with Gasteiger partial charge in [-0.3, -0.25) is 4.21 Å². The van der Waals surface area contributed by atoms with E-state index < -0.39 is 10.8 Å². The van der Waals surface area contributed by atoms with Crippen molar-refractivity contribution in [2.75, 3.05) is 11.5 Å². The quantitative estimate of drug-likeness (QED) is 0.910. The molecule has 1 aromatic rings. The van der Waals surface area contributed by atoms with Crippen LogP contribution in [0.5, 0.6) is 0 Å². The zero-order valence-corrected chi connectivity index (χ0v) is 12.4. The molecule has 0 atom stereocenters. The second-order valence-corrected chi connectivity index (χ2v) is 7.08. The van der Waals surface area contributed by atoms with E-state index in [0.29, 0.717) is 6.04 Å². The van der Waals surface area contributed by atoms with Crippen LogP contribution in [0.2, 0.25) is 0 Å². The molecule has 0 unspecified atom stereocenters. The number of aryl methyl sites for hydroxylation is 3. The molecular weight excluding hydrogens is 242 g/mol. The van der Waals surface area contributed by atoms with Crippen LogP contribution >= 0.6 is 0 Å². The van der Waals surface area contributed by atoms with Gasteiger partial charge in [0, 0.05) is 34.9 Å². The molecule has 1 aliphatic heterocycles. The Morgan fingerprint density at radius 2 is 1.72 bits per heavy atom. The highest BCUT2D eigenvalue weighted by Crippen LogP contribution is 2.17. The molecule has 0 aliphatic carbocycles. The van der Waals surface area contributed by atoms with Crippen molar-refractivity contribution >= 4 is 10.8 Å². The van der Waals surface area contributed by atoms with E-state index in [2.05, 4.69) is 38.2 Å². The lowest BCUT2D eigenvalue weighted by Crippen LogP contribution is -2.35. The topological polar surface area (TPSA) is 29.1 Å². The fraction of sp³-hybridized carbons (Fsp3) is 0.600. The molecule has 0 saturated carbocycles. The van der Waals surface area contributed by atoms with Crippen LogP contribution in [0.3, 0.4) is 0 Å². The highest BCUT2D eigenvalue weighted by molar-refractivity contribution is 7.85. The molecule has 2 nitrogen and oxygen atoms in total. The first-order valence-electron chi connectivity index (χ1n) is 6.71. The minimum Gasteiger partial charge on any atom is -0.310 e. The van der Waals surface area contributed by atoms with Gasteiger partial charge in [-0.15, -0.1) is 0 Å². The van der Waals surface area contributed by atoms with Gasteiger partial charge >= 0.3 is 0 Å². The zero-order valence-electron chi connectivity index (χ0n) is 11.6. The molecule has 0 spiro atoms. The SMILES string of the molecule is Cc1cc(C)c(CNC2CCS(=O)CC2)c(C)c1. The number of nitrogens with one attached hydrogen (secondary N) is 1. The van der Waals surface area contributed by atoms with Gasteiger partial charge in [0.15, 0.2) is 0 Å². The van der Waals surface area contributed by atoms with E-state index in [-0.39, 0.29) is 0 Å². The second-order valence-electron chi connectivity index (χ2n) is 5.38.